The van der Waals surface area contributed by atoms with E-state index in [1.165, 1.54) is 0 Å². The Morgan fingerprint density at radius 3 is 2.79 bits per heavy atom. The van der Waals surface area contributed by atoms with Crippen LogP contribution in [0.15, 0.2) is 35.1 Å². The zero-order chi connectivity index (χ0) is 10.1. The highest BCUT2D eigenvalue weighted by atomic mass is 79.9. The molecule has 0 atom stereocenters. The first-order chi connectivity index (χ1) is 6.66. The largest absolute Gasteiger partial charge is 0.507 e. The molecule has 0 unspecified atom stereocenters. The van der Waals surface area contributed by atoms with E-state index in [0.29, 0.717) is 4.47 Å². The molecule has 1 N–H and O–H groups in total. The van der Waals surface area contributed by atoms with Crippen molar-refractivity contribution in [3.05, 3.63) is 40.6 Å². The van der Waals surface area contributed by atoms with E-state index in [9.17, 15) is 5.11 Å². The molecule has 4 heteroatoms. The number of hydrogen-bond donors (Lipinski definition) is 1. The smallest absolute Gasteiger partial charge is 0.131 e. The van der Waals surface area contributed by atoms with Gasteiger partial charge in [-0.05, 0) is 40.5 Å². The fourth-order valence-corrected chi connectivity index (χ4v) is 1.44. The molecule has 1 aromatic heterocycles. The Balaban J connectivity index is 2.47. The van der Waals surface area contributed by atoms with Crippen molar-refractivity contribution in [2.75, 3.05) is 0 Å². The normalized spacial score (nSPS) is 10.4. The monoisotopic (exact) mass is 252 g/mol. The molecule has 72 valence electrons. The van der Waals surface area contributed by atoms with Crippen molar-refractivity contribution in [2.45, 2.75) is 6.92 Å². The second kappa shape index (κ2) is 3.46. The Hall–Kier alpha value is -1.29. The van der Waals surface area contributed by atoms with Crippen LogP contribution in [0.3, 0.4) is 0 Å². The minimum atomic E-state index is 0.218. The highest BCUT2D eigenvalue weighted by molar-refractivity contribution is 9.10. The van der Waals surface area contributed by atoms with E-state index in [1.54, 1.807) is 23.0 Å². The maximum atomic E-state index is 9.48. The molecular formula is C10H9BrN2O. The van der Waals surface area contributed by atoms with Gasteiger partial charge >= 0.3 is 0 Å². The first-order valence-corrected chi connectivity index (χ1v) is 4.96. The molecular weight excluding hydrogens is 244 g/mol. The number of nitrogens with zero attached hydrogens (tertiary/aromatic N) is 2. The molecule has 0 aliphatic rings. The van der Waals surface area contributed by atoms with Crippen LogP contribution in [0.25, 0.3) is 5.69 Å². The van der Waals surface area contributed by atoms with Gasteiger partial charge in [-0.25, -0.2) is 4.68 Å². The average Bonchev–Trinajstić information content (AvgIpc) is 2.57. The summed E-state index contributed by atoms with van der Waals surface area (Å²) in [6, 6.07) is 5.34. The van der Waals surface area contributed by atoms with Gasteiger partial charge in [0.2, 0.25) is 0 Å². The number of aromatic nitrogens is 2. The fourth-order valence-electron chi connectivity index (χ4n) is 1.20. The van der Waals surface area contributed by atoms with Gasteiger partial charge in [-0.1, -0.05) is 0 Å². The molecule has 0 saturated heterocycles. The number of halogens is 1. The van der Waals surface area contributed by atoms with E-state index >= 15 is 0 Å². The lowest BCUT2D eigenvalue weighted by atomic mass is 10.3. The molecule has 0 amide bonds. The van der Waals surface area contributed by atoms with E-state index < -0.39 is 0 Å². The SMILES string of the molecule is Cc1cnn(-c2ccc(Br)c(O)c2)c1. The molecule has 2 aromatic rings. The summed E-state index contributed by atoms with van der Waals surface area (Å²) in [6.07, 6.45) is 3.68. The number of phenols is 1. The van der Waals surface area contributed by atoms with Gasteiger partial charge in [0.15, 0.2) is 0 Å². The van der Waals surface area contributed by atoms with Gasteiger partial charge in [0, 0.05) is 12.3 Å². The van der Waals surface area contributed by atoms with Crippen LogP contribution in [0.4, 0.5) is 0 Å². The van der Waals surface area contributed by atoms with Crippen LogP contribution in [0.2, 0.25) is 0 Å². The van der Waals surface area contributed by atoms with Gasteiger partial charge in [0.25, 0.3) is 0 Å². The molecule has 1 heterocycles. The van der Waals surface area contributed by atoms with E-state index in [-0.39, 0.29) is 5.75 Å². The lowest BCUT2D eigenvalue weighted by molar-refractivity contribution is 0.471. The maximum absolute atomic E-state index is 9.48. The lowest BCUT2D eigenvalue weighted by Crippen LogP contribution is -1.93. The molecule has 0 fully saturated rings. The van der Waals surface area contributed by atoms with E-state index in [2.05, 4.69) is 21.0 Å². The van der Waals surface area contributed by atoms with Crippen LogP contribution in [0, 0.1) is 6.92 Å². The summed E-state index contributed by atoms with van der Waals surface area (Å²) in [5.41, 5.74) is 1.94. The summed E-state index contributed by atoms with van der Waals surface area (Å²) in [7, 11) is 0. The highest BCUT2D eigenvalue weighted by Gasteiger charge is 2.02. The second-order valence-electron chi connectivity index (χ2n) is 3.10. The van der Waals surface area contributed by atoms with E-state index in [4.69, 9.17) is 0 Å². The molecule has 14 heavy (non-hydrogen) atoms. The first-order valence-electron chi connectivity index (χ1n) is 4.17. The van der Waals surface area contributed by atoms with Crippen molar-refractivity contribution in [3.63, 3.8) is 0 Å². The average molecular weight is 253 g/mol. The van der Waals surface area contributed by atoms with Crippen LogP contribution >= 0.6 is 15.9 Å². The van der Waals surface area contributed by atoms with Crippen molar-refractivity contribution in [2.24, 2.45) is 0 Å². The molecule has 0 aliphatic carbocycles. The molecule has 3 nitrogen and oxygen atoms in total. The van der Waals surface area contributed by atoms with Gasteiger partial charge in [0.1, 0.15) is 5.75 Å². The number of benzene rings is 1. The number of phenolic OH excluding ortho intramolecular Hbond substituents is 1. The molecule has 0 aliphatic heterocycles. The molecule has 2 rings (SSSR count). The van der Waals surface area contributed by atoms with Gasteiger partial charge in [-0.15, -0.1) is 0 Å². The minimum absolute atomic E-state index is 0.218. The Kier molecular flexibility index (Phi) is 2.29. The summed E-state index contributed by atoms with van der Waals surface area (Å²) < 4.78 is 2.41. The number of aromatic hydroxyl groups is 1. The predicted molar refractivity (Wildman–Crippen MR) is 57.7 cm³/mol. The summed E-state index contributed by atoms with van der Waals surface area (Å²) in [5, 5.41) is 13.6. The van der Waals surface area contributed by atoms with Gasteiger partial charge < -0.3 is 5.11 Å². The second-order valence-corrected chi connectivity index (χ2v) is 3.95. The highest BCUT2D eigenvalue weighted by Crippen LogP contribution is 2.25. The van der Waals surface area contributed by atoms with Crippen molar-refractivity contribution in [1.82, 2.24) is 9.78 Å². The number of hydrogen-bond acceptors (Lipinski definition) is 2. The molecule has 1 aromatic carbocycles. The lowest BCUT2D eigenvalue weighted by Gasteiger charge is -2.02. The van der Waals surface area contributed by atoms with Crippen molar-refractivity contribution >= 4 is 15.9 Å². The predicted octanol–water partition coefficient (Wildman–Crippen LogP) is 2.65. The maximum Gasteiger partial charge on any atom is 0.131 e. The van der Waals surface area contributed by atoms with Gasteiger partial charge in [-0.2, -0.15) is 5.10 Å². The Morgan fingerprint density at radius 2 is 2.21 bits per heavy atom. The first kappa shape index (κ1) is 9.27. The van der Waals surface area contributed by atoms with Crippen molar-refractivity contribution < 1.29 is 5.11 Å². The van der Waals surface area contributed by atoms with E-state index in [1.807, 2.05) is 19.2 Å². The fraction of sp³-hybridized carbons (Fsp3) is 0.100. The standard InChI is InChI=1S/C10H9BrN2O/c1-7-5-12-13(6-7)8-2-3-9(11)10(14)4-8/h2-6,14H,1H3. The van der Waals surface area contributed by atoms with Gasteiger partial charge in [-0.3, -0.25) is 0 Å². The topological polar surface area (TPSA) is 38.0 Å². The summed E-state index contributed by atoms with van der Waals surface area (Å²) in [4.78, 5) is 0. The number of aryl methyl sites for hydroxylation is 1. The zero-order valence-electron chi connectivity index (χ0n) is 7.61. The van der Waals surface area contributed by atoms with Crippen LogP contribution in [-0.4, -0.2) is 14.9 Å². The molecule has 0 radical (unpaired) electrons. The Morgan fingerprint density at radius 1 is 1.43 bits per heavy atom. The molecule has 0 spiro atoms. The third kappa shape index (κ3) is 1.65. The van der Waals surface area contributed by atoms with Crippen LogP contribution < -0.4 is 0 Å². The summed E-state index contributed by atoms with van der Waals surface area (Å²) in [6.45, 7) is 1.97. The van der Waals surface area contributed by atoms with E-state index in [0.717, 1.165) is 11.3 Å². The summed E-state index contributed by atoms with van der Waals surface area (Å²) in [5.74, 6) is 0.218. The Bertz CT molecular complexity index is 465. The minimum Gasteiger partial charge on any atom is -0.507 e. The van der Waals surface area contributed by atoms with Gasteiger partial charge in [0.05, 0.1) is 16.4 Å². The van der Waals surface area contributed by atoms with Crippen molar-refractivity contribution in [1.29, 1.82) is 0 Å². The molecule has 0 bridgehead atoms. The van der Waals surface area contributed by atoms with Crippen LogP contribution in [0.1, 0.15) is 5.56 Å². The van der Waals surface area contributed by atoms with Crippen LogP contribution in [0.5, 0.6) is 5.75 Å². The van der Waals surface area contributed by atoms with Crippen LogP contribution in [-0.2, 0) is 0 Å². The Labute approximate surface area is 90.1 Å². The molecule has 0 saturated carbocycles. The third-order valence-electron chi connectivity index (χ3n) is 1.91. The zero-order valence-corrected chi connectivity index (χ0v) is 9.19. The number of rotatable bonds is 1. The third-order valence-corrected chi connectivity index (χ3v) is 2.58. The quantitative estimate of drug-likeness (QED) is 0.848. The van der Waals surface area contributed by atoms with Crippen molar-refractivity contribution in [3.8, 4) is 11.4 Å². The summed E-state index contributed by atoms with van der Waals surface area (Å²) >= 11 is 3.23.